The van der Waals surface area contributed by atoms with Crippen molar-refractivity contribution < 1.29 is 9.90 Å². The van der Waals surface area contributed by atoms with E-state index in [0.717, 1.165) is 38.6 Å². The molecule has 3 N–H and O–H groups in total. The minimum absolute atomic E-state index is 0.0811. The maximum Gasteiger partial charge on any atom is 0.314 e. The highest BCUT2D eigenvalue weighted by molar-refractivity contribution is 5.73. The van der Waals surface area contributed by atoms with E-state index < -0.39 is 0 Å². The summed E-state index contributed by atoms with van der Waals surface area (Å²) in [7, 11) is 0. The van der Waals surface area contributed by atoms with Crippen molar-refractivity contribution in [3.05, 3.63) is 0 Å². The van der Waals surface area contributed by atoms with Gasteiger partial charge in [-0.15, -0.1) is 0 Å². The number of unbranched alkanes of at least 4 members (excludes halogenated alkanes) is 3. The molecule has 4 heteroatoms. The molecule has 0 rings (SSSR count). The molecule has 0 aromatic rings. The number of rotatable bonds is 8. The highest BCUT2D eigenvalue weighted by Crippen LogP contribution is 1.91. The second kappa shape index (κ2) is 10.3. The van der Waals surface area contributed by atoms with E-state index in [0.29, 0.717) is 6.54 Å². The number of aliphatic hydroxyl groups is 1. The highest BCUT2D eigenvalue weighted by Gasteiger charge is 1.96. The molecule has 0 spiro atoms. The first kappa shape index (κ1) is 13.2. The summed E-state index contributed by atoms with van der Waals surface area (Å²) >= 11 is 0. The SMILES string of the molecule is CCCCNC(=O)NCCCCCO. The number of amides is 2. The van der Waals surface area contributed by atoms with E-state index in [1.165, 1.54) is 0 Å². The van der Waals surface area contributed by atoms with Crippen LogP contribution in [0.2, 0.25) is 0 Å². The lowest BCUT2D eigenvalue weighted by Gasteiger charge is -2.06. The zero-order valence-corrected chi connectivity index (χ0v) is 9.01. The fourth-order valence-corrected chi connectivity index (χ4v) is 1.06. The Hall–Kier alpha value is -0.770. The molecule has 0 fully saturated rings. The minimum atomic E-state index is -0.0811. The van der Waals surface area contributed by atoms with Crippen molar-refractivity contribution in [2.45, 2.75) is 39.0 Å². The predicted octanol–water partition coefficient (Wildman–Crippen LogP) is 1.25. The molecule has 2 amide bonds. The van der Waals surface area contributed by atoms with Crippen LogP contribution in [0.15, 0.2) is 0 Å². The number of hydrogen-bond donors (Lipinski definition) is 3. The van der Waals surface area contributed by atoms with E-state index in [1.54, 1.807) is 0 Å². The maximum atomic E-state index is 11.1. The van der Waals surface area contributed by atoms with E-state index in [1.807, 2.05) is 0 Å². The van der Waals surface area contributed by atoms with Gasteiger partial charge < -0.3 is 15.7 Å². The third kappa shape index (κ3) is 9.32. The lowest BCUT2D eigenvalue weighted by Crippen LogP contribution is -2.36. The molecule has 0 aromatic carbocycles. The Morgan fingerprint density at radius 2 is 1.71 bits per heavy atom. The van der Waals surface area contributed by atoms with Gasteiger partial charge in [0.2, 0.25) is 0 Å². The van der Waals surface area contributed by atoms with Crippen molar-refractivity contribution in [3.63, 3.8) is 0 Å². The second-order valence-corrected chi connectivity index (χ2v) is 3.32. The third-order valence-corrected chi connectivity index (χ3v) is 1.94. The fourth-order valence-electron chi connectivity index (χ4n) is 1.06. The summed E-state index contributed by atoms with van der Waals surface area (Å²) in [6, 6.07) is -0.0811. The zero-order chi connectivity index (χ0) is 10.6. The quantitative estimate of drug-likeness (QED) is 0.519. The van der Waals surface area contributed by atoms with Gasteiger partial charge in [-0.05, 0) is 25.7 Å². The number of carbonyl (C=O) groups excluding carboxylic acids is 1. The van der Waals surface area contributed by atoms with Crippen LogP contribution < -0.4 is 10.6 Å². The molecular formula is C10H22N2O2. The van der Waals surface area contributed by atoms with Gasteiger partial charge in [0, 0.05) is 19.7 Å². The Morgan fingerprint density at radius 3 is 2.29 bits per heavy atom. The van der Waals surface area contributed by atoms with Crippen LogP contribution in [-0.4, -0.2) is 30.8 Å². The topological polar surface area (TPSA) is 61.4 Å². The number of urea groups is 1. The van der Waals surface area contributed by atoms with E-state index in [-0.39, 0.29) is 12.6 Å². The van der Waals surface area contributed by atoms with Crippen molar-refractivity contribution in [1.82, 2.24) is 10.6 Å². The maximum absolute atomic E-state index is 11.1. The second-order valence-electron chi connectivity index (χ2n) is 3.32. The van der Waals surface area contributed by atoms with Gasteiger partial charge in [-0.1, -0.05) is 13.3 Å². The Labute approximate surface area is 86.1 Å². The van der Waals surface area contributed by atoms with Crippen molar-refractivity contribution in [3.8, 4) is 0 Å². The molecule has 0 unspecified atom stereocenters. The molecule has 0 heterocycles. The molecule has 0 aliphatic rings. The van der Waals surface area contributed by atoms with Crippen LogP contribution in [0.4, 0.5) is 4.79 Å². The first-order valence-corrected chi connectivity index (χ1v) is 5.43. The molecule has 84 valence electrons. The molecule has 0 aliphatic carbocycles. The van der Waals surface area contributed by atoms with Gasteiger partial charge in [-0.3, -0.25) is 0 Å². The molecule has 0 saturated carbocycles. The Kier molecular flexibility index (Phi) is 9.74. The van der Waals surface area contributed by atoms with Gasteiger partial charge in [0.15, 0.2) is 0 Å². The molecule has 0 radical (unpaired) electrons. The predicted molar refractivity (Wildman–Crippen MR) is 57.2 cm³/mol. The molecule has 4 nitrogen and oxygen atoms in total. The average Bonchev–Trinajstić information content (AvgIpc) is 2.18. The molecule has 0 saturated heterocycles. The lowest BCUT2D eigenvalue weighted by atomic mass is 10.2. The number of aliphatic hydroxyl groups excluding tert-OH is 1. The summed E-state index contributed by atoms with van der Waals surface area (Å²) < 4.78 is 0. The minimum Gasteiger partial charge on any atom is -0.396 e. The van der Waals surface area contributed by atoms with Crippen LogP contribution in [0, 0.1) is 0 Å². The van der Waals surface area contributed by atoms with Gasteiger partial charge in [0.1, 0.15) is 0 Å². The molecule has 0 aromatic heterocycles. The summed E-state index contributed by atoms with van der Waals surface area (Å²) in [5.74, 6) is 0. The van der Waals surface area contributed by atoms with Crippen LogP contribution in [0.1, 0.15) is 39.0 Å². The van der Waals surface area contributed by atoms with Crippen molar-refractivity contribution >= 4 is 6.03 Å². The van der Waals surface area contributed by atoms with Crippen molar-refractivity contribution in [1.29, 1.82) is 0 Å². The van der Waals surface area contributed by atoms with Crippen molar-refractivity contribution in [2.24, 2.45) is 0 Å². The largest absolute Gasteiger partial charge is 0.396 e. The number of carbonyl (C=O) groups is 1. The smallest absolute Gasteiger partial charge is 0.314 e. The van der Waals surface area contributed by atoms with Crippen LogP contribution in [0.3, 0.4) is 0 Å². The third-order valence-electron chi connectivity index (χ3n) is 1.94. The molecule has 14 heavy (non-hydrogen) atoms. The van der Waals surface area contributed by atoms with Gasteiger partial charge in [-0.2, -0.15) is 0 Å². The highest BCUT2D eigenvalue weighted by atomic mass is 16.2. The zero-order valence-electron chi connectivity index (χ0n) is 9.01. The Balaban J connectivity index is 3.10. The van der Waals surface area contributed by atoms with E-state index in [2.05, 4.69) is 17.6 Å². The standard InChI is InChI=1S/C10H22N2O2/c1-2-3-7-11-10(14)12-8-5-4-6-9-13/h13H,2-9H2,1H3,(H2,11,12,14). The summed E-state index contributed by atoms with van der Waals surface area (Å²) in [5.41, 5.74) is 0. The summed E-state index contributed by atoms with van der Waals surface area (Å²) in [4.78, 5) is 11.1. The van der Waals surface area contributed by atoms with E-state index in [9.17, 15) is 4.79 Å². The van der Waals surface area contributed by atoms with E-state index in [4.69, 9.17) is 5.11 Å². The van der Waals surface area contributed by atoms with Gasteiger partial charge in [-0.25, -0.2) is 4.79 Å². The van der Waals surface area contributed by atoms with E-state index >= 15 is 0 Å². The first-order chi connectivity index (χ1) is 6.81. The van der Waals surface area contributed by atoms with Gasteiger partial charge >= 0.3 is 6.03 Å². The van der Waals surface area contributed by atoms with Crippen LogP contribution in [0.5, 0.6) is 0 Å². The van der Waals surface area contributed by atoms with Gasteiger partial charge in [0.05, 0.1) is 0 Å². The summed E-state index contributed by atoms with van der Waals surface area (Å²) in [6.45, 7) is 3.77. The average molecular weight is 202 g/mol. The number of hydrogen-bond acceptors (Lipinski definition) is 2. The van der Waals surface area contributed by atoms with Crippen molar-refractivity contribution in [2.75, 3.05) is 19.7 Å². The monoisotopic (exact) mass is 202 g/mol. The van der Waals surface area contributed by atoms with Crippen LogP contribution in [0.25, 0.3) is 0 Å². The molecule has 0 atom stereocenters. The molecule has 0 aliphatic heterocycles. The summed E-state index contributed by atoms with van der Waals surface area (Å²) in [6.07, 6.45) is 4.83. The number of nitrogens with one attached hydrogen (secondary N) is 2. The molecular weight excluding hydrogens is 180 g/mol. The first-order valence-electron chi connectivity index (χ1n) is 5.43. The Morgan fingerprint density at radius 1 is 1.07 bits per heavy atom. The van der Waals surface area contributed by atoms with Crippen LogP contribution >= 0.6 is 0 Å². The molecule has 0 bridgehead atoms. The lowest BCUT2D eigenvalue weighted by molar-refractivity contribution is 0.240. The summed E-state index contributed by atoms with van der Waals surface area (Å²) in [5, 5.41) is 14.1. The fraction of sp³-hybridized carbons (Fsp3) is 0.900. The van der Waals surface area contributed by atoms with Crippen LogP contribution in [-0.2, 0) is 0 Å². The van der Waals surface area contributed by atoms with Gasteiger partial charge in [0.25, 0.3) is 0 Å². The Bertz CT molecular complexity index is 140. The normalized spacial score (nSPS) is 9.86.